The van der Waals surface area contributed by atoms with Crippen LogP contribution in [0.5, 0.6) is 0 Å². The molecule has 0 radical (unpaired) electrons. The number of nitrogens with one attached hydrogen (secondary N) is 1. The minimum Gasteiger partial charge on any atom is -0.313 e. The van der Waals surface area contributed by atoms with E-state index in [1.807, 2.05) is 48.0 Å². The van der Waals surface area contributed by atoms with Crippen LogP contribution in [-0.2, 0) is 0 Å². The molecule has 1 N–H and O–H groups in total. The van der Waals surface area contributed by atoms with E-state index in [4.69, 9.17) is 23.2 Å². The molecule has 166 valence electrons. The monoisotopic (exact) mass is 486 g/mol. The van der Waals surface area contributed by atoms with E-state index >= 15 is 0 Å². The maximum atomic E-state index is 13.6. The van der Waals surface area contributed by atoms with E-state index in [1.165, 1.54) is 31.0 Å². The molecule has 2 aliphatic rings. The van der Waals surface area contributed by atoms with Crippen LogP contribution in [0.15, 0.2) is 47.6 Å². The maximum absolute atomic E-state index is 13.6. The van der Waals surface area contributed by atoms with Gasteiger partial charge in [-0.1, -0.05) is 96.2 Å². The summed E-state index contributed by atoms with van der Waals surface area (Å²) in [5, 5.41) is 10.2. The molecule has 5 nitrogen and oxygen atoms in total. The Balaban J connectivity index is 1.56. The lowest BCUT2D eigenvalue weighted by Crippen LogP contribution is -2.40. The van der Waals surface area contributed by atoms with Crippen molar-refractivity contribution in [2.24, 2.45) is 0 Å². The number of fused-ring (bicyclic) bond motifs is 1. The molecule has 3 aromatic rings. The van der Waals surface area contributed by atoms with Gasteiger partial charge in [0.15, 0.2) is 11.6 Å². The van der Waals surface area contributed by atoms with Crippen LogP contribution < -0.4 is 5.43 Å². The Morgan fingerprint density at radius 3 is 2.56 bits per heavy atom. The molecule has 0 saturated heterocycles. The fraction of sp³-hybridized carbons (Fsp3) is 0.375. The number of nitrogens with zero attached hydrogens (tertiary/aromatic N) is 3. The van der Waals surface area contributed by atoms with Crippen molar-refractivity contribution in [2.75, 3.05) is 5.43 Å². The molecule has 8 heteroatoms. The summed E-state index contributed by atoms with van der Waals surface area (Å²) in [6, 6.07) is 12.9. The molecular formula is C24H24Cl2N4OS. The minimum absolute atomic E-state index is 0.0250. The Morgan fingerprint density at radius 2 is 1.81 bits per heavy atom. The second kappa shape index (κ2) is 9.08. The lowest BCUT2D eigenvalue weighted by Gasteiger charge is -2.34. The average molecular weight is 487 g/mol. The summed E-state index contributed by atoms with van der Waals surface area (Å²) in [5.74, 6) is 1.34. The van der Waals surface area contributed by atoms with E-state index in [1.54, 1.807) is 6.07 Å². The highest BCUT2D eigenvalue weighted by Gasteiger charge is 2.40. The van der Waals surface area contributed by atoms with Gasteiger partial charge in [-0.2, -0.15) is 0 Å². The molecular weight excluding hydrogens is 463 g/mol. The second-order valence-electron chi connectivity index (χ2n) is 8.53. The molecule has 0 spiro atoms. The van der Waals surface area contributed by atoms with Gasteiger partial charge in [-0.3, -0.25) is 4.79 Å². The average Bonchev–Trinajstić information content (AvgIpc) is 3.24. The Morgan fingerprint density at radius 1 is 1.06 bits per heavy atom. The van der Waals surface area contributed by atoms with Crippen molar-refractivity contribution in [1.29, 1.82) is 0 Å². The highest BCUT2D eigenvalue weighted by Crippen LogP contribution is 2.43. The Labute approximate surface area is 201 Å². The number of aryl methyl sites for hydroxylation is 1. The molecule has 1 aromatic heterocycles. The summed E-state index contributed by atoms with van der Waals surface area (Å²) in [4.78, 5) is 13.6. The van der Waals surface area contributed by atoms with Crippen molar-refractivity contribution < 1.29 is 4.79 Å². The van der Waals surface area contributed by atoms with Crippen LogP contribution in [0.2, 0.25) is 10.0 Å². The van der Waals surface area contributed by atoms with E-state index in [2.05, 4.69) is 15.6 Å². The van der Waals surface area contributed by atoms with Crippen molar-refractivity contribution in [3.05, 3.63) is 75.0 Å². The van der Waals surface area contributed by atoms with E-state index in [9.17, 15) is 4.79 Å². The van der Waals surface area contributed by atoms with Gasteiger partial charge in [0.1, 0.15) is 5.25 Å². The van der Waals surface area contributed by atoms with E-state index in [0.717, 1.165) is 29.8 Å². The summed E-state index contributed by atoms with van der Waals surface area (Å²) in [6.45, 7) is 2.01. The highest BCUT2D eigenvalue weighted by molar-refractivity contribution is 8.00. The first kappa shape index (κ1) is 21.8. The highest BCUT2D eigenvalue weighted by atomic mass is 35.5. The van der Waals surface area contributed by atoms with Crippen LogP contribution in [0.1, 0.15) is 71.4 Å². The molecule has 2 heterocycles. The molecule has 2 atom stereocenters. The van der Waals surface area contributed by atoms with Gasteiger partial charge in [0.05, 0.1) is 16.1 Å². The smallest absolute Gasteiger partial charge is 0.210 e. The predicted molar refractivity (Wildman–Crippen MR) is 130 cm³/mol. The summed E-state index contributed by atoms with van der Waals surface area (Å²) < 4.78 is 1.97. The number of carbonyl (C=O) groups excluding carboxylic acids is 1. The number of halogens is 2. The molecule has 1 saturated carbocycles. The summed E-state index contributed by atoms with van der Waals surface area (Å²) in [5.41, 5.74) is 6.12. The van der Waals surface area contributed by atoms with Crippen LogP contribution in [-0.4, -0.2) is 25.9 Å². The largest absolute Gasteiger partial charge is 0.313 e. The van der Waals surface area contributed by atoms with Crippen LogP contribution in [0, 0.1) is 6.92 Å². The normalized spacial score (nSPS) is 21.1. The maximum Gasteiger partial charge on any atom is 0.210 e. The van der Waals surface area contributed by atoms with E-state index in [-0.39, 0.29) is 11.8 Å². The van der Waals surface area contributed by atoms with Crippen LogP contribution >= 0.6 is 35.0 Å². The topological polar surface area (TPSA) is 59.8 Å². The van der Waals surface area contributed by atoms with Gasteiger partial charge >= 0.3 is 0 Å². The van der Waals surface area contributed by atoms with Gasteiger partial charge in [-0.15, -0.1) is 10.2 Å². The summed E-state index contributed by atoms with van der Waals surface area (Å²) in [7, 11) is 0. The van der Waals surface area contributed by atoms with Crippen molar-refractivity contribution in [2.45, 2.75) is 61.4 Å². The summed E-state index contributed by atoms with van der Waals surface area (Å²) >= 11 is 14.4. The fourth-order valence-electron chi connectivity index (χ4n) is 4.57. The third-order valence-electron chi connectivity index (χ3n) is 6.34. The number of thioether (sulfide) groups is 1. The SMILES string of the molecule is Cc1ccc(C(=O)C2Sc3nnc(C4CCCCC4)n3NC2c2cccc(Cl)c2Cl)cc1. The quantitative estimate of drug-likeness (QED) is 0.421. The molecule has 1 aliphatic carbocycles. The van der Waals surface area contributed by atoms with Crippen LogP contribution in [0.3, 0.4) is 0 Å². The van der Waals surface area contributed by atoms with Crippen molar-refractivity contribution in [3.8, 4) is 0 Å². The first-order valence-corrected chi connectivity index (χ1v) is 12.6. The van der Waals surface area contributed by atoms with Crippen molar-refractivity contribution in [3.63, 3.8) is 0 Å². The van der Waals surface area contributed by atoms with Gasteiger partial charge < -0.3 is 5.43 Å². The zero-order valence-corrected chi connectivity index (χ0v) is 20.1. The first-order valence-electron chi connectivity index (χ1n) is 11.0. The summed E-state index contributed by atoms with van der Waals surface area (Å²) in [6.07, 6.45) is 5.90. The van der Waals surface area contributed by atoms with Gasteiger partial charge in [0.25, 0.3) is 0 Å². The molecule has 1 aliphatic heterocycles. The molecule has 5 rings (SSSR count). The number of carbonyl (C=O) groups is 1. The number of Topliss-reactive ketones (excluding diaryl/α,β-unsaturated/α-hetero) is 1. The second-order valence-corrected chi connectivity index (χ2v) is 10.4. The number of ketones is 1. The third kappa shape index (κ3) is 4.04. The molecule has 1 fully saturated rings. The number of hydrogen-bond acceptors (Lipinski definition) is 5. The number of aromatic nitrogens is 3. The van der Waals surface area contributed by atoms with Crippen molar-refractivity contribution in [1.82, 2.24) is 14.9 Å². The minimum atomic E-state index is -0.454. The molecule has 32 heavy (non-hydrogen) atoms. The number of benzene rings is 2. The number of rotatable bonds is 4. The van der Waals surface area contributed by atoms with Crippen LogP contribution in [0.25, 0.3) is 0 Å². The molecule has 0 amide bonds. The van der Waals surface area contributed by atoms with Crippen LogP contribution in [0.4, 0.5) is 0 Å². The van der Waals surface area contributed by atoms with E-state index < -0.39 is 5.25 Å². The Bertz CT molecular complexity index is 1140. The lowest BCUT2D eigenvalue weighted by atomic mass is 9.89. The van der Waals surface area contributed by atoms with E-state index in [0.29, 0.717) is 26.7 Å². The zero-order valence-electron chi connectivity index (χ0n) is 17.7. The van der Waals surface area contributed by atoms with Crippen molar-refractivity contribution >= 4 is 40.7 Å². The number of hydrogen-bond donors (Lipinski definition) is 1. The van der Waals surface area contributed by atoms with Gasteiger partial charge in [0, 0.05) is 11.5 Å². The molecule has 2 unspecified atom stereocenters. The van der Waals surface area contributed by atoms with Gasteiger partial charge in [-0.05, 0) is 31.4 Å². The van der Waals surface area contributed by atoms with Gasteiger partial charge in [-0.25, -0.2) is 4.68 Å². The lowest BCUT2D eigenvalue weighted by molar-refractivity contribution is 0.0980. The predicted octanol–water partition coefficient (Wildman–Crippen LogP) is 6.58. The molecule has 2 aromatic carbocycles. The van der Waals surface area contributed by atoms with Gasteiger partial charge in [0.2, 0.25) is 5.16 Å². The first-order chi connectivity index (χ1) is 15.5. The zero-order chi connectivity index (χ0) is 22.2. The Kier molecular flexibility index (Phi) is 6.19. The standard InChI is InChI=1S/C24H24Cl2N4OS/c1-14-10-12-15(13-11-14)21(31)22-20(17-8-5-9-18(25)19(17)26)29-30-23(27-28-24(30)32-22)16-6-3-2-4-7-16/h5,8-13,16,20,22,29H,2-4,6-7H2,1H3. The Hall–Kier alpha value is -2.02. The fourth-order valence-corrected chi connectivity index (χ4v) is 6.15. The third-order valence-corrected chi connectivity index (χ3v) is 8.39. The molecule has 0 bridgehead atoms.